The van der Waals surface area contributed by atoms with Crippen molar-refractivity contribution < 1.29 is 9.59 Å². The molecule has 0 spiro atoms. The van der Waals surface area contributed by atoms with E-state index in [1.54, 1.807) is 0 Å². The smallest absolute Gasteiger partial charge is 0.251 e. The predicted octanol–water partition coefficient (Wildman–Crippen LogP) is 3.63. The van der Waals surface area contributed by atoms with Crippen LogP contribution in [0.15, 0.2) is 60.7 Å². The van der Waals surface area contributed by atoms with Gasteiger partial charge in [-0.2, -0.15) is 0 Å². The molecule has 5 nitrogen and oxygen atoms in total. The van der Waals surface area contributed by atoms with Crippen LogP contribution in [-0.4, -0.2) is 53.8 Å². The van der Waals surface area contributed by atoms with Crippen LogP contribution < -0.4 is 5.32 Å². The van der Waals surface area contributed by atoms with Crippen LogP contribution in [0.3, 0.4) is 0 Å². The summed E-state index contributed by atoms with van der Waals surface area (Å²) in [5, 5.41) is 3.17. The lowest BCUT2D eigenvalue weighted by molar-refractivity contribution is -0.138. The number of amides is 2. The van der Waals surface area contributed by atoms with E-state index in [0.29, 0.717) is 5.56 Å². The Bertz CT molecular complexity index is 826. The quantitative estimate of drug-likeness (QED) is 0.826. The van der Waals surface area contributed by atoms with Crippen LogP contribution in [0.5, 0.6) is 0 Å². The van der Waals surface area contributed by atoms with Gasteiger partial charge < -0.3 is 10.2 Å². The number of nitrogens with one attached hydrogen (secondary N) is 1. The lowest BCUT2D eigenvalue weighted by Gasteiger charge is -2.40. The molecule has 0 bridgehead atoms. The summed E-state index contributed by atoms with van der Waals surface area (Å²) in [6.45, 7) is 3.34. The largest absolute Gasteiger partial charge is 0.349 e. The number of nitrogens with zero attached hydrogens (tertiary/aromatic N) is 2. The summed E-state index contributed by atoms with van der Waals surface area (Å²) in [6, 6.07) is 19.4. The first kappa shape index (κ1) is 20.6. The van der Waals surface area contributed by atoms with Crippen molar-refractivity contribution in [1.29, 1.82) is 0 Å². The Morgan fingerprint density at radius 3 is 2.03 bits per heavy atom. The van der Waals surface area contributed by atoms with Crippen molar-refractivity contribution >= 4 is 11.8 Å². The molecule has 0 saturated carbocycles. The van der Waals surface area contributed by atoms with Gasteiger partial charge in [-0.1, -0.05) is 48.5 Å². The molecule has 2 heterocycles. The molecule has 2 saturated heterocycles. The molecule has 158 valence electrons. The summed E-state index contributed by atoms with van der Waals surface area (Å²) < 4.78 is 0. The molecule has 0 aromatic heterocycles. The molecule has 2 aliphatic rings. The van der Waals surface area contributed by atoms with Gasteiger partial charge in [-0.15, -0.1) is 0 Å². The minimum Gasteiger partial charge on any atom is -0.349 e. The van der Waals surface area contributed by atoms with Gasteiger partial charge in [0.25, 0.3) is 5.91 Å². The molecule has 4 rings (SSSR count). The highest BCUT2D eigenvalue weighted by atomic mass is 16.2. The highest BCUT2D eigenvalue weighted by Crippen LogP contribution is 2.28. The second-order valence-electron chi connectivity index (χ2n) is 8.35. The molecule has 1 N–H and O–H groups in total. The maximum atomic E-state index is 13.5. The van der Waals surface area contributed by atoms with Crippen LogP contribution >= 0.6 is 0 Å². The number of carbonyl (C=O) groups is 2. The van der Waals surface area contributed by atoms with E-state index in [1.807, 2.05) is 53.4 Å². The van der Waals surface area contributed by atoms with Crippen molar-refractivity contribution in [2.24, 2.45) is 0 Å². The van der Waals surface area contributed by atoms with Crippen molar-refractivity contribution in [3.63, 3.8) is 0 Å². The van der Waals surface area contributed by atoms with E-state index in [0.717, 1.165) is 57.4 Å². The maximum absolute atomic E-state index is 13.5. The second kappa shape index (κ2) is 9.90. The minimum atomic E-state index is -0.227. The summed E-state index contributed by atoms with van der Waals surface area (Å²) in [5.74, 6) is 0.214. The lowest BCUT2D eigenvalue weighted by Crippen LogP contribution is -2.50. The first-order valence-electron chi connectivity index (χ1n) is 11.2. The summed E-state index contributed by atoms with van der Waals surface area (Å²) in [4.78, 5) is 30.3. The topological polar surface area (TPSA) is 52.7 Å². The van der Waals surface area contributed by atoms with E-state index in [9.17, 15) is 9.59 Å². The predicted molar refractivity (Wildman–Crippen MR) is 118 cm³/mol. The van der Waals surface area contributed by atoms with Gasteiger partial charge in [-0.25, -0.2) is 0 Å². The monoisotopic (exact) mass is 405 g/mol. The molecule has 2 amide bonds. The van der Waals surface area contributed by atoms with E-state index in [2.05, 4.69) is 22.3 Å². The van der Waals surface area contributed by atoms with Crippen molar-refractivity contribution in [3.05, 3.63) is 71.8 Å². The van der Waals surface area contributed by atoms with Crippen LogP contribution in [0.25, 0.3) is 0 Å². The van der Waals surface area contributed by atoms with Crippen LogP contribution in [0.4, 0.5) is 0 Å². The van der Waals surface area contributed by atoms with E-state index in [1.165, 1.54) is 6.42 Å². The number of piperidine rings is 2. The third-order valence-electron chi connectivity index (χ3n) is 6.28. The molecule has 1 atom stereocenters. The van der Waals surface area contributed by atoms with Crippen molar-refractivity contribution in [3.8, 4) is 0 Å². The molecule has 2 aromatic rings. The van der Waals surface area contributed by atoms with Gasteiger partial charge in [-0.05, 0) is 49.8 Å². The number of hydrogen-bond acceptors (Lipinski definition) is 3. The fraction of sp³-hybridized carbons (Fsp3) is 0.440. The Morgan fingerprint density at radius 1 is 0.800 bits per heavy atom. The average molecular weight is 406 g/mol. The molecule has 0 aliphatic carbocycles. The van der Waals surface area contributed by atoms with E-state index in [-0.39, 0.29) is 23.9 Å². The normalized spacial score (nSPS) is 19.3. The second-order valence-corrected chi connectivity index (χ2v) is 8.35. The standard InChI is InChI=1S/C25H31N3O2/c29-24(21-12-6-2-7-13-21)26-22-14-18-27(19-15-22)23(20-10-4-1-5-11-20)25(30)28-16-8-3-9-17-28/h1-2,4-7,10-13,22-23H,3,8-9,14-19H2,(H,26,29). The molecular weight excluding hydrogens is 374 g/mol. The molecular formula is C25H31N3O2. The molecule has 0 radical (unpaired) electrons. The molecule has 30 heavy (non-hydrogen) atoms. The van der Waals surface area contributed by atoms with Gasteiger partial charge >= 0.3 is 0 Å². The fourth-order valence-electron chi connectivity index (χ4n) is 4.59. The van der Waals surface area contributed by atoms with Gasteiger partial charge in [0.15, 0.2) is 0 Å². The Morgan fingerprint density at radius 2 is 1.40 bits per heavy atom. The minimum absolute atomic E-state index is 0.0157. The van der Waals surface area contributed by atoms with Crippen molar-refractivity contribution in [2.45, 2.75) is 44.2 Å². The maximum Gasteiger partial charge on any atom is 0.251 e. The van der Waals surface area contributed by atoms with Crippen molar-refractivity contribution in [2.75, 3.05) is 26.2 Å². The van der Waals surface area contributed by atoms with E-state index in [4.69, 9.17) is 0 Å². The molecule has 2 aromatic carbocycles. The molecule has 1 unspecified atom stereocenters. The number of carbonyl (C=O) groups excluding carboxylic acids is 2. The molecule has 2 fully saturated rings. The zero-order valence-corrected chi connectivity index (χ0v) is 17.5. The summed E-state index contributed by atoms with van der Waals surface area (Å²) in [5.41, 5.74) is 1.77. The zero-order valence-electron chi connectivity index (χ0n) is 17.5. The van der Waals surface area contributed by atoms with Gasteiger partial charge in [0.2, 0.25) is 5.91 Å². The van der Waals surface area contributed by atoms with Gasteiger partial charge in [-0.3, -0.25) is 14.5 Å². The average Bonchev–Trinajstić information content (AvgIpc) is 2.82. The Labute approximate surface area is 179 Å². The number of hydrogen-bond donors (Lipinski definition) is 1. The third-order valence-corrected chi connectivity index (χ3v) is 6.28. The molecule has 2 aliphatic heterocycles. The van der Waals surface area contributed by atoms with E-state index < -0.39 is 0 Å². The third kappa shape index (κ3) is 4.90. The Kier molecular flexibility index (Phi) is 6.80. The summed E-state index contributed by atoms with van der Waals surface area (Å²) in [7, 11) is 0. The molecule has 5 heteroatoms. The first-order chi connectivity index (χ1) is 14.7. The summed E-state index contributed by atoms with van der Waals surface area (Å²) >= 11 is 0. The zero-order chi connectivity index (χ0) is 20.8. The highest BCUT2D eigenvalue weighted by Gasteiger charge is 2.34. The fourth-order valence-corrected chi connectivity index (χ4v) is 4.59. The summed E-state index contributed by atoms with van der Waals surface area (Å²) in [6.07, 6.45) is 5.12. The van der Waals surface area contributed by atoms with Crippen LogP contribution in [0.1, 0.15) is 54.1 Å². The van der Waals surface area contributed by atoms with Gasteiger partial charge in [0, 0.05) is 37.8 Å². The highest BCUT2D eigenvalue weighted by molar-refractivity contribution is 5.94. The van der Waals surface area contributed by atoms with E-state index >= 15 is 0 Å². The number of rotatable bonds is 5. The van der Waals surface area contributed by atoms with Gasteiger partial charge in [0.1, 0.15) is 6.04 Å². The Balaban J connectivity index is 1.41. The Hall–Kier alpha value is -2.66. The number of benzene rings is 2. The number of likely N-dealkylation sites (tertiary alicyclic amines) is 2. The van der Waals surface area contributed by atoms with Crippen LogP contribution in [0, 0.1) is 0 Å². The van der Waals surface area contributed by atoms with Crippen LogP contribution in [0.2, 0.25) is 0 Å². The SMILES string of the molecule is O=C(NC1CCN(C(C(=O)N2CCCCC2)c2ccccc2)CC1)c1ccccc1. The van der Waals surface area contributed by atoms with Crippen LogP contribution in [-0.2, 0) is 4.79 Å². The van der Waals surface area contributed by atoms with Crippen molar-refractivity contribution in [1.82, 2.24) is 15.1 Å². The first-order valence-corrected chi connectivity index (χ1v) is 11.2. The van der Waals surface area contributed by atoms with Gasteiger partial charge in [0.05, 0.1) is 0 Å². The lowest BCUT2D eigenvalue weighted by atomic mass is 9.97.